The van der Waals surface area contributed by atoms with Gasteiger partial charge in [-0.1, -0.05) is 0 Å². The van der Waals surface area contributed by atoms with E-state index >= 15 is 0 Å². The van der Waals surface area contributed by atoms with Crippen molar-refractivity contribution in [2.45, 2.75) is 10.9 Å². The summed E-state index contributed by atoms with van der Waals surface area (Å²) in [5.41, 5.74) is 0.907. The Hall–Kier alpha value is -3.71. The molecule has 0 bridgehead atoms. The van der Waals surface area contributed by atoms with Gasteiger partial charge in [0.2, 0.25) is 10.0 Å². The Kier molecular flexibility index (Phi) is 5.20. The van der Waals surface area contributed by atoms with E-state index in [2.05, 4.69) is 15.0 Å². The second kappa shape index (κ2) is 7.85. The largest absolute Gasteiger partial charge is 0.480 e. The highest BCUT2D eigenvalue weighted by atomic mass is 32.2. The molecule has 4 rings (SSSR count). The molecule has 0 unspecified atom stereocenters. The average Bonchev–Trinajstić information content (AvgIpc) is 2.78. The van der Waals surface area contributed by atoms with E-state index in [1.165, 1.54) is 6.20 Å². The second-order valence-electron chi connectivity index (χ2n) is 6.76. The third-order valence-electron chi connectivity index (χ3n) is 4.93. The molecule has 0 spiro atoms. The molecule has 3 heterocycles. The van der Waals surface area contributed by atoms with Crippen molar-refractivity contribution in [2.24, 2.45) is 0 Å². The molecule has 1 aliphatic heterocycles. The fourth-order valence-electron chi connectivity index (χ4n) is 3.34. The molecular formula is C18H16N6O6S. The fourth-order valence-corrected chi connectivity index (χ4v) is 4.91. The van der Waals surface area contributed by atoms with E-state index in [0.717, 1.165) is 28.6 Å². The highest BCUT2D eigenvalue weighted by Gasteiger charge is 2.40. The molecule has 1 aromatic carbocycles. The first-order valence-electron chi connectivity index (χ1n) is 9.08. The Bertz CT molecular complexity index is 1270. The van der Waals surface area contributed by atoms with E-state index in [-0.39, 0.29) is 30.2 Å². The number of hydrogen-bond acceptors (Lipinski definition) is 9. The Morgan fingerprint density at radius 3 is 2.55 bits per heavy atom. The Balaban J connectivity index is 1.61. The predicted molar refractivity (Wildman–Crippen MR) is 108 cm³/mol. The Morgan fingerprint density at radius 2 is 1.87 bits per heavy atom. The van der Waals surface area contributed by atoms with Crippen LogP contribution in [0.25, 0.3) is 11.0 Å². The summed E-state index contributed by atoms with van der Waals surface area (Å²) in [4.78, 5) is 36.2. The summed E-state index contributed by atoms with van der Waals surface area (Å²) in [5, 5.41) is 20.5. The number of fused-ring (bicyclic) bond motifs is 1. The minimum atomic E-state index is -4.18. The van der Waals surface area contributed by atoms with Crippen LogP contribution in [0.1, 0.15) is 0 Å². The number of nitrogens with zero attached hydrogens (tertiary/aromatic N) is 6. The number of aromatic nitrogens is 3. The first-order chi connectivity index (χ1) is 14.8. The van der Waals surface area contributed by atoms with Crippen molar-refractivity contribution >= 4 is 38.5 Å². The fraction of sp³-hybridized carbons (Fsp3) is 0.222. The van der Waals surface area contributed by atoms with Crippen molar-refractivity contribution in [1.29, 1.82) is 0 Å². The molecule has 1 N–H and O–H groups in total. The zero-order chi connectivity index (χ0) is 22.2. The first kappa shape index (κ1) is 20.6. The van der Waals surface area contributed by atoms with Gasteiger partial charge in [0.1, 0.15) is 17.4 Å². The lowest BCUT2D eigenvalue weighted by molar-refractivity contribution is -0.384. The number of carbonyl (C=O) groups is 1. The third kappa shape index (κ3) is 3.87. The van der Waals surface area contributed by atoms with Crippen LogP contribution in [0.4, 0.5) is 11.5 Å². The van der Waals surface area contributed by atoms with Gasteiger partial charge in [0.05, 0.1) is 27.7 Å². The van der Waals surface area contributed by atoms with E-state index in [4.69, 9.17) is 0 Å². The van der Waals surface area contributed by atoms with Gasteiger partial charge in [-0.25, -0.2) is 18.4 Å². The maximum atomic E-state index is 13.0. The molecule has 0 amide bonds. The molecule has 0 radical (unpaired) electrons. The molecule has 2 aromatic heterocycles. The number of rotatable bonds is 5. The van der Waals surface area contributed by atoms with Crippen molar-refractivity contribution in [2.75, 3.05) is 24.5 Å². The topological polar surface area (TPSA) is 160 Å². The van der Waals surface area contributed by atoms with Gasteiger partial charge in [0.25, 0.3) is 5.69 Å². The number of non-ortho nitro benzene ring substituents is 1. The van der Waals surface area contributed by atoms with Crippen LogP contribution in [0.5, 0.6) is 0 Å². The predicted octanol–water partition coefficient (Wildman–Crippen LogP) is 0.897. The maximum absolute atomic E-state index is 13.0. The van der Waals surface area contributed by atoms with Gasteiger partial charge >= 0.3 is 5.97 Å². The van der Waals surface area contributed by atoms with Crippen LogP contribution in [0, 0.1) is 10.1 Å². The van der Waals surface area contributed by atoms with Crippen molar-refractivity contribution in [1.82, 2.24) is 19.3 Å². The lowest BCUT2D eigenvalue weighted by Gasteiger charge is -2.38. The smallest absolute Gasteiger partial charge is 0.323 e. The number of anilines is 1. The van der Waals surface area contributed by atoms with Crippen LogP contribution in [0.2, 0.25) is 0 Å². The van der Waals surface area contributed by atoms with Gasteiger partial charge in [0.15, 0.2) is 0 Å². The van der Waals surface area contributed by atoms with Crippen LogP contribution in [-0.4, -0.2) is 69.4 Å². The summed E-state index contributed by atoms with van der Waals surface area (Å²) < 4.78 is 27.0. The molecule has 1 saturated heterocycles. The standard InChI is InChI=1S/C18H16N6O6S/c25-18(26)16-11-22(17-10-20-15-9-19-6-5-14(15)21-17)7-8-23(16)31(29,30)13-3-1-12(2-4-13)24(27)28/h1-6,9-10,16H,7-8,11H2,(H,25,26)/t16-/m1/s1. The SMILES string of the molecule is O=C(O)[C@H]1CN(c2cnc3cnccc3n2)CCN1S(=O)(=O)c1ccc([N+](=O)[O-])cc1. The number of benzene rings is 1. The summed E-state index contributed by atoms with van der Waals surface area (Å²) in [6.07, 6.45) is 4.61. The van der Waals surface area contributed by atoms with E-state index in [9.17, 15) is 28.4 Å². The van der Waals surface area contributed by atoms with Crippen LogP contribution >= 0.6 is 0 Å². The molecule has 0 saturated carbocycles. The molecular weight excluding hydrogens is 428 g/mol. The molecule has 1 aliphatic rings. The van der Waals surface area contributed by atoms with E-state index in [1.807, 2.05) is 0 Å². The van der Waals surface area contributed by atoms with E-state index in [1.54, 1.807) is 23.4 Å². The van der Waals surface area contributed by atoms with Crippen LogP contribution < -0.4 is 4.90 Å². The quantitative estimate of drug-likeness (QED) is 0.442. The molecule has 0 aliphatic carbocycles. The van der Waals surface area contributed by atoms with Crippen LogP contribution in [-0.2, 0) is 14.8 Å². The van der Waals surface area contributed by atoms with Crippen LogP contribution in [0.3, 0.4) is 0 Å². The number of hydrogen-bond donors (Lipinski definition) is 1. The monoisotopic (exact) mass is 444 g/mol. The Labute approximate surface area is 176 Å². The number of pyridine rings is 1. The van der Waals surface area contributed by atoms with Gasteiger partial charge in [0, 0.05) is 38.0 Å². The number of nitro benzene ring substituents is 1. The number of nitro groups is 1. The third-order valence-corrected chi connectivity index (χ3v) is 6.85. The lowest BCUT2D eigenvalue weighted by Crippen LogP contribution is -2.58. The number of aliphatic carboxylic acids is 1. The maximum Gasteiger partial charge on any atom is 0.323 e. The van der Waals surface area contributed by atoms with Crippen molar-refractivity contribution in [3.63, 3.8) is 0 Å². The highest BCUT2D eigenvalue weighted by Crippen LogP contribution is 2.26. The van der Waals surface area contributed by atoms with E-state index < -0.39 is 27.0 Å². The molecule has 1 fully saturated rings. The van der Waals surface area contributed by atoms with Gasteiger partial charge in [-0.05, 0) is 18.2 Å². The van der Waals surface area contributed by atoms with Gasteiger partial charge in [-0.2, -0.15) is 4.31 Å². The summed E-state index contributed by atoms with van der Waals surface area (Å²) in [7, 11) is -4.18. The summed E-state index contributed by atoms with van der Waals surface area (Å²) in [6.45, 7) is -0.0412. The highest BCUT2D eigenvalue weighted by molar-refractivity contribution is 7.89. The molecule has 31 heavy (non-hydrogen) atoms. The van der Waals surface area contributed by atoms with Crippen LogP contribution in [0.15, 0.2) is 53.8 Å². The summed E-state index contributed by atoms with van der Waals surface area (Å²) in [5.74, 6) is -0.884. The first-order valence-corrected chi connectivity index (χ1v) is 10.5. The normalized spacial score (nSPS) is 17.5. The number of carboxylic acid groups (broad SMARTS) is 1. The van der Waals surface area contributed by atoms with E-state index in [0.29, 0.717) is 16.9 Å². The number of carboxylic acids is 1. The molecule has 160 valence electrons. The Morgan fingerprint density at radius 1 is 1.13 bits per heavy atom. The van der Waals surface area contributed by atoms with Gasteiger partial charge in [-0.15, -0.1) is 0 Å². The molecule has 3 aromatic rings. The van der Waals surface area contributed by atoms with Crippen molar-refractivity contribution in [3.8, 4) is 0 Å². The summed E-state index contributed by atoms with van der Waals surface area (Å²) in [6, 6.07) is 4.64. The van der Waals surface area contributed by atoms with Crippen molar-refractivity contribution < 1.29 is 23.2 Å². The number of sulfonamides is 1. The molecule has 13 heteroatoms. The minimum absolute atomic E-state index is 0.105. The zero-order valence-corrected chi connectivity index (χ0v) is 16.7. The van der Waals surface area contributed by atoms with Gasteiger partial charge < -0.3 is 10.0 Å². The zero-order valence-electron chi connectivity index (χ0n) is 15.9. The van der Waals surface area contributed by atoms with Crippen molar-refractivity contribution in [3.05, 3.63) is 59.0 Å². The lowest BCUT2D eigenvalue weighted by atomic mass is 10.2. The summed E-state index contributed by atoms with van der Waals surface area (Å²) >= 11 is 0. The van der Waals surface area contributed by atoms with Gasteiger partial charge in [-0.3, -0.25) is 19.9 Å². The molecule has 1 atom stereocenters. The molecule has 12 nitrogen and oxygen atoms in total. The average molecular weight is 444 g/mol. The minimum Gasteiger partial charge on any atom is -0.480 e. The number of piperazine rings is 1. The second-order valence-corrected chi connectivity index (χ2v) is 8.65.